The number of hydrogen-bond acceptors (Lipinski definition) is 2. The van der Waals surface area contributed by atoms with Gasteiger partial charge in [0.2, 0.25) is 0 Å². The summed E-state index contributed by atoms with van der Waals surface area (Å²) in [4.78, 5) is 15.4. The normalized spacial score (nSPS) is 10.8. The fourth-order valence-corrected chi connectivity index (χ4v) is 3.18. The third-order valence-corrected chi connectivity index (χ3v) is 4.58. The zero-order chi connectivity index (χ0) is 19.0. The lowest BCUT2D eigenvalue weighted by Crippen LogP contribution is -2.22. The molecule has 4 nitrogen and oxygen atoms in total. The van der Waals surface area contributed by atoms with Crippen LogP contribution in [0.15, 0.2) is 54.6 Å². The number of nitrogens with one attached hydrogen (secondary N) is 2. The monoisotopic (exact) mass is 401 g/mol. The van der Waals surface area contributed by atoms with E-state index >= 15 is 0 Å². The van der Waals surface area contributed by atoms with Gasteiger partial charge in [-0.15, -0.1) is 12.4 Å². The second kappa shape index (κ2) is 7.96. The summed E-state index contributed by atoms with van der Waals surface area (Å²) in [7, 11) is 0. The van der Waals surface area contributed by atoms with E-state index in [1.807, 2.05) is 24.3 Å². The fraction of sp³-hybridized carbons (Fsp3) is 0.0952. The van der Waals surface area contributed by atoms with E-state index in [0.29, 0.717) is 29.6 Å². The van der Waals surface area contributed by atoms with Crippen molar-refractivity contribution < 1.29 is 13.6 Å². The van der Waals surface area contributed by atoms with Gasteiger partial charge < -0.3 is 16.0 Å². The largest absolute Gasteiger partial charge is 0.354 e. The third kappa shape index (κ3) is 3.69. The average Bonchev–Trinajstić information content (AvgIpc) is 3.03. The highest BCUT2D eigenvalue weighted by Crippen LogP contribution is 2.28. The molecule has 4 aromatic rings. The Morgan fingerprint density at radius 2 is 1.68 bits per heavy atom. The molecule has 0 aliphatic heterocycles. The summed E-state index contributed by atoms with van der Waals surface area (Å²) in [6, 6.07) is 15.1. The molecule has 0 spiro atoms. The fourth-order valence-electron chi connectivity index (χ4n) is 3.18. The number of carbonyl (C=O) groups is 1. The number of hydrogen-bond donors (Lipinski definition) is 3. The Morgan fingerprint density at radius 1 is 0.929 bits per heavy atom. The summed E-state index contributed by atoms with van der Waals surface area (Å²) in [6.45, 7) is 0.707. The molecule has 0 aliphatic carbocycles. The molecule has 0 unspecified atom stereocenters. The van der Waals surface area contributed by atoms with Crippen molar-refractivity contribution in [1.82, 2.24) is 10.3 Å². The number of fused-ring (bicyclic) bond motifs is 3. The number of nitrogens with two attached hydrogens (primary N) is 1. The second-order valence-electron chi connectivity index (χ2n) is 6.40. The van der Waals surface area contributed by atoms with Crippen molar-refractivity contribution in [2.24, 2.45) is 5.73 Å². The van der Waals surface area contributed by atoms with Crippen molar-refractivity contribution >= 4 is 40.1 Å². The Morgan fingerprint density at radius 3 is 2.46 bits per heavy atom. The van der Waals surface area contributed by atoms with E-state index in [0.717, 1.165) is 28.1 Å². The van der Waals surface area contributed by atoms with Crippen LogP contribution in [0.2, 0.25) is 0 Å². The van der Waals surface area contributed by atoms with E-state index in [9.17, 15) is 13.6 Å². The molecule has 7 heteroatoms. The van der Waals surface area contributed by atoms with E-state index in [1.54, 1.807) is 18.2 Å². The molecule has 3 aromatic carbocycles. The summed E-state index contributed by atoms with van der Waals surface area (Å²) in [5.74, 6) is -1.95. The maximum Gasteiger partial charge on any atom is 0.251 e. The summed E-state index contributed by atoms with van der Waals surface area (Å²) in [5, 5.41) is 4.29. The Balaban J connectivity index is 0.00000225. The van der Waals surface area contributed by atoms with Gasteiger partial charge in [-0.25, -0.2) is 8.78 Å². The number of halogens is 3. The number of carbonyl (C=O) groups excluding carboxylic acids is 1. The first-order valence-corrected chi connectivity index (χ1v) is 8.52. The maximum absolute atomic E-state index is 13.5. The number of aromatic nitrogens is 1. The Kier molecular flexibility index (Phi) is 5.63. The standard InChI is InChI=1S/C21H17F2N3O.ClH/c22-17-8-16-15-5-4-13(7-19(15)26-20(16)9-18(17)23)11-25-21(27)14-3-1-2-12(6-14)10-24;/h1-9,26H,10-11,24H2,(H,25,27);1H. The average molecular weight is 402 g/mol. The van der Waals surface area contributed by atoms with Gasteiger partial charge in [0, 0.05) is 46.5 Å². The van der Waals surface area contributed by atoms with E-state index in [2.05, 4.69) is 10.3 Å². The van der Waals surface area contributed by atoms with Gasteiger partial charge in [0.1, 0.15) is 0 Å². The lowest BCUT2D eigenvalue weighted by Gasteiger charge is -2.07. The highest BCUT2D eigenvalue weighted by Gasteiger charge is 2.11. The smallest absolute Gasteiger partial charge is 0.251 e. The Hall–Kier alpha value is -2.96. The number of H-pyrrole nitrogens is 1. The maximum atomic E-state index is 13.5. The van der Waals surface area contributed by atoms with Crippen LogP contribution in [0.25, 0.3) is 21.8 Å². The van der Waals surface area contributed by atoms with E-state index in [4.69, 9.17) is 5.73 Å². The quantitative estimate of drug-likeness (QED) is 0.474. The van der Waals surface area contributed by atoms with E-state index in [-0.39, 0.29) is 18.3 Å². The minimum Gasteiger partial charge on any atom is -0.354 e. The van der Waals surface area contributed by atoms with Crippen LogP contribution in [0.5, 0.6) is 0 Å². The van der Waals surface area contributed by atoms with Crippen LogP contribution in [0.4, 0.5) is 8.78 Å². The summed E-state index contributed by atoms with van der Waals surface area (Å²) < 4.78 is 26.9. The highest BCUT2D eigenvalue weighted by molar-refractivity contribution is 6.07. The van der Waals surface area contributed by atoms with Crippen LogP contribution in [-0.2, 0) is 13.1 Å². The molecule has 28 heavy (non-hydrogen) atoms. The van der Waals surface area contributed by atoms with Crippen molar-refractivity contribution in [2.45, 2.75) is 13.1 Å². The van der Waals surface area contributed by atoms with Crippen LogP contribution >= 0.6 is 12.4 Å². The number of aromatic amines is 1. The zero-order valence-corrected chi connectivity index (χ0v) is 15.6. The van der Waals surface area contributed by atoms with Gasteiger partial charge in [-0.3, -0.25) is 4.79 Å². The summed E-state index contributed by atoms with van der Waals surface area (Å²) in [6.07, 6.45) is 0. The molecule has 4 rings (SSSR count). The molecule has 1 heterocycles. The molecule has 0 saturated heterocycles. The molecular formula is C21H18ClF2N3O. The van der Waals surface area contributed by atoms with E-state index < -0.39 is 11.6 Å². The minimum absolute atomic E-state index is 0. The van der Waals surface area contributed by atoms with Gasteiger partial charge in [0.15, 0.2) is 11.6 Å². The van der Waals surface area contributed by atoms with Crippen LogP contribution in [-0.4, -0.2) is 10.9 Å². The molecule has 0 bridgehead atoms. The molecule has 1 amide bonds. The Bertz CT molecular complexity index is 1170. The zero-order valence-electron chi connectivity index (χ0n) is 14.8. The molecule has 0 atom stereocenters. The van der Waals surface area contributed by atoms with Gasteiger partial charge in [0.25, 0.3) is 5.91 Å². The van der Waals surface area contributed by atoms with Gasteiger partial charge >= 0.3 is 0 Å². The SMILES string of the molecule is Cl.NCc1cccc(C(=O)NCc2ccc3c(c2)[nH]c2cc(F)c(F)cc23)c1. The molecule has 1 aromatic heterocycles. The van der Waals surface area contributed by atoms with Crippen molar-refractivity contribution in [3.8, 4) is 0 Å². The minimum atomic E-state index is -0.888. The van der Waals surface area contributed by atoms with Crippen molar-refractivity contribution in [1.29, 1.82) is 0 Å². The predicted molar refractivity (Wildman–Crippen MR) is 108 cm³/mol. The van der Waals surface area contributed by atoms with Crippen LogP contribution < -0.4 is 11.1 Å². The van der Waals surface area contributed by atoms with Crippen molar-refractivity contribution in [3.63, 3.8) is 0 Å². The van der Waals surface area contributed by atoms with Crippen molar-refractivity contribution in [2.75, 3.05) is 0 Å². The molecule has 0 aliphatic rings. The summed E-state index contributed by atoms with van der Waals surface area (Å²) in [5.41, 5.74) is 9.21. The van der Waals surface area contributed by atoms with Gasteiger partial charge in [-0.2, -0.15) is 0 Å². The van der Waals surface area contributed by atoms with Gasteiger partial charge in [-0.05, 0) is 35.4 Å². The number of benzene rings is 3. The van der Waals surface area contributed by atoms with E-state index in [1.165, 1.54) is 6.07 Å². The van der Waals surface area contributed by atoms with Crippen molar-refractivity contribution in [3.05, 3.63) is 82.9 Å². The molecule has 4 N–H and O–H groups in total. The van der Waals surface area contributed by atoms with Crippen LogP contribution in [0.3, 0.4) is 0 Å². The molecule has 144 valence electrons. The Labute approximate surface area is 166 Å². The number of amides is 1. The summed E-state index contributed by atoms with van der Waals surface area (Å²) >= 11 is 0. The van der Waals surface area contributed by atoms with Gasteiger partial charge in [-0.1, -0.05) is 24.3 Å². The van der Waals surface area contributed by atoms with Crippen LogP contribution in [0, 0.1) is 11.6 Å². The lowest BCUT2D eigenvalue weighted by molar-refractivity contribution is 0.0951. The predicted octanol–water partition coefficient (Wildman–Crippen LogP) is 4.41. The topological polar surface area (TPSA) is 70.9 Å². The first-order chi connectivity index (χ1) is 13.0. The number of rotatable bonds is 4. The highest BCUT2D eigenvalue weighted by atomic mass is 35.5. The first-order valence-electron chi connectivity index (χ1n) is 8.52. The molecule has 0 saturated carbocycles. The molecular weight excluding hydrogens is 384 g/mol. The second-order valence-corrected chi connectivity index (χ2v) is 6.40. The molecule has 0 fully saturated rings. The lowest BCUT2D eigenvalue weighted by atomic mass is 10.1. The third-order valence-electron chi connectivity index (χ3n) is 4.58. The first kappa shape index (κ1) is 19.8. The van der Waals surface area contributed by atoms with Crippen LogP contribution in [0.1, 0.15) is 21.5 Å². The van der Waals surface area contributed by atoms with Gasteiger partial charge in [0.05, 0.1) is 0 Å². The molecule has 0 radical (unpaired) electrons.